The van der Waals surface area contributed by atoms with E-state index in [0.29, 0.717) is 12.5 Å². The maximum atomic E-state index is 12.3. The van der Waals surface area contributed by atoms with Crippen molar-refractivity contribution in [1.82, 2.24) is 0 Å². The molecule has 0 radical (unpaired) electrons. The van der Waals surface area contributed by atoms with E-state index in [-0.39, 0.29) is 17.3 Å². The third-order valence-corrected chi connectivity index (χ3v) is 4.62. The molecular weight excluding hydrogens is 272 g/mol. The van der Waals surface area contributed by atoms with Crippen LogP contribution in [0.4, 0.5) is 0 Å². The van der Waals surface area contributed by atoms with Crippen LogP contribution in [-0.2, 0) is 22.6 Å². The Bertz CT molecular complexity index is 548. The highest BCUT2D eigenvalue weighted by Crippen LogP contribution is 2.59. The van der Waals surface area contributed by atoms with Gasteiger partial charge >= 0.3 is 5.97 Å². The predicted octanol–water partition coefficient (Wildman–Crippen LogP) is 4.92. The minimum absolute atomic E-state index is 0.00163. The van der Waals surface area contributed by atoms with Crippen LogP contribution < -0.4 is 0 Å². The van der Waals surface area contributed by atoms with Gasteiger partial charge in [0.15, 0.2) is 0 Å². The SMILES string of the molecule is CCCc1ccc(COC(=O)[C@@H]2[C@@H](C=C(C)C)C2(C)C)cc1. The second kappa shape index (κ2) is 6.68. The predicted molar refractivity (Wildman–Crippen MR) is 90.4 cm³/mol. The number of carbonyl (C=O) groups is 1. The van der Waals surface area contributed by atoms with Crippen LogP contribution in [0, 0.1) is 17.3 Å². The molecule has 2 nitrogen and oxygen atoms in total. The van der Waals surface area contributed by atoms with E-state index in [0.717, 1.165) is 18.4 Å². The summed E-state index contributed by atoms with van der Waals surface area (Å²) in [6.07, 6.45) is 4.45. The van der Waals surface area contributed by atoms with E-state index in [1.807, 2.05) is 0 Å². The second-order valence-electron chi connectivity index (χ2n) is 7.24. The van der Waals surface area contributed by atoms with Crippen molar-refractivity contribution in [2.24, 2.45) is 17.3 Å². The fourth-order valence-corrected chi connectivity index (χ4v) is 3.13. The Labute approximate surface area is 134 Å². The molecule has 22 heavy (non-hydrogen) atoms. The molecule has 2 heteroatoms. The van der Waals surface area contributed by atoms with Crippen LogP contribution in [0.3, 0.4) is 0 Å². The van der Waals surface area contributed by atoms with Crippen molar-refractivity contribution >= 4 is 5.97 Å². The summed E-state index contributed by atoms with van der Waals surface area (Å²) in [7, 11) is 0. The monoisotopic (exact) mass is 300 g/mol. The minimum atomic E-state index is -0.0647. The lowest BCUT2D eigenvalue weighted by molar-refractivity contribution is -0.147. The zero-order valence-corrected chi connectivity index (χ0v) is 14.5. The van der Waals surface area contributed by atoms with Gasteiger partial charge in [-0.3, -0.25) is 4.79 Å². The Kier molecular flexibility index (Phi) is 5.10. The molecule has 1 fully saturated rings. The second-order valence-corrected chi connectivity index (χ2v) is 7.24. The first-order chi connectivity index (χ1) is 10.4. The van der Waals surface area contributed by atoms with Gasteiger partial charge in [-0.15, -0.1) is 0 Å². The molecule has 0 N–H and O–H groups in total. The van der Waals surface area contributed by atoms with Crippen LogP contribution in [0.1, 0.15) is 52.2 Å². The maximum Gasteiger partial charge on any atom is 0.310 e. The number of aryl methyl sites for hydroxylation is 1. The first kappa shape index (κ1) is 16.8. The van der Waals surface area contributed by atoms with E-state index in [2.05, 4.69) is 65.0 Å². The third-order valence-electron chi connectivity index (χ3n) is 4.62. The van der Waals surface area contributed by atoms with E-state index in [9.17, 15) is 4.79 Å². The molecule has 0 aromatic heterocycles. The average molecular weight is 300 g/mol. The van der Waals surface area contributed by atoms with Crippen molar-refractivity contribution in [1.29, 1.82) is 0 Å². The first-order valence-corrected chi connectivity index (χ1v) is 8.25. The normalized spacial score (nSPS) is 22.0. The van der Waals surface area contributed by atoms with Gasteiger partial charge in [-0.2, -0.15) is 0 Å². The molecule has 1 aliphatic carbocycles. The number of rotatable bonds is 6. The van der Waals surface area contributed by atoms with Crippen molar-refractivity contribution in [3.63, 3.8) is 0 Å². The molecule has 1 aliphatic rings. The molecule has 1 aromatic carbocycles. The number of benzene rings is 1. The van der Waals surface area contributed by atoms with Crippen LogP contribution in [0.5, 0.6) is 0 Å². The Morgan fingerprint density at radius 1 is 1.18 bits per heavy atom. The van der Waals surface area contributed by atoms with Crippen LogP contribution in [-0.4, -0.2) is 5.97 Å². The Morgan fingerprint density at radius 3 is 2.32 bits per heavy atom. The fourth-order valence-electron chi connectivity index (χ4n) is 3.13. The molecule has 0 aliphatic heterocycles. The fraction of sp³-hybridized carbons (Fsp3) is 0.550. The molecule has 1 aromatic rings. The van der Waals surface area contributed by atoms with Crippen LogP contribution >= 0.6 is 0 Å². The third kappa shape index (κ3) is 3.79. The van der Waals surface area contributed by atoms with Gasteiger partial charge < -0.3 is 4.74 Å². The molecule has 0 heterocycles. The van der Waals surface area contributed by atoms with Crippen molar-refractivity contribution in [3.05, 3.63) is 47.0 Å². The molecule has 0 amide bonds. The maximum absolute atomic E-state index is 12.3. The lowest BCUT2D eigenvalue weighted by Gasteiger charge is -2.07. The zero-order chi connectivity index (χ0) is 16.3. The van der Waals surface area contributed by atoms with Crippen molar-refractivity contribution < 1.29 is 9.53 Å². The van der Waals surface area contributed by atoms with Gasteiger partial charge in [0.25, 0.3) is 0 Å². The molecule has 0 unspecified atom stereocenters. The summed E-state index contributed by atoms with van der Waals surface area (Å²) >= 11 is 0. The molecule has 1 saturated carbocycles. The average Bonchev–Trinajstić information content (AvgIpc) is 2.98. The summed E-state index contributed by atoms with van der Waals surface area (Å²) in [5.41, 5.74) is 3.69. The Balaban J connectivity index is 1.89. The zero-order valence-electron chi connectivity index (χ0n) is 14.5. The topological polar surface area (TPSA) is 26.3 Å². The first-order valence-electron chi connectivity index (χ1n) is 8.25. The summed E-state index contributed by atoms with van der Waals surface area (Å²) < 4.78 is 5.53. The van der Waals surface area contributed by atoms with Gasteiger partial charge in [-0.05, 0) is 42.7 Å². The molecule has 0 spiro atoms. The summed E-state index contributed by atoms with van der Waals surface area (Å²) in [4.78, 5) is 12.3. The van der Waals surface area contributed by atoms with Gasteiger partial charge in [-0.25, -0.2) is 0 Å². The van der Waals surface area contributed by atoms with Crippen molar-refractivity contribution in [2.45, 2.75) is 54.1 Å². The van der Waals surface area contributed by atoms with E-state index in [1.54, 1.807) is 0 Å². The lowest BCUT2D eigenvalue weighted by Crippen LogP contribution is -2.10. The highest BCUT2D eigenvalue weighted by molar-refractivity contribution is 5.78. The van der Waals surface area contributed by atoms with E-state index in [4.69, 9.17) is 4.74 Å². The Morgan fingerprint density at radius 2 is 1.77 bits per heavy atom. The quantitative estimate of drug-likeness (QED) is 0.550. The van der Waals surface area contributed by atoms with Crippen LogP contribution in [0.2, 0.25) is 0 Å². The largest absolute Gasteiger partial charge is 0.461 e. The van der Waals surface area contributed by atoms with E-state index < -0.39 is 0 Å². The molecule has 0 saturated heterocycles. The lowest BCUT2D eigenvalue weighted by atomic mass is 10.1. The number of ether oxygens (including phenoxy) is 1. The standard InChI is InChI=1S/C20H28O2/c1-6-7-15-8-10-16(11-9-15)13-22-19(21)18-17(12-14(2)3)20(18,4)5/h8-12,17-18H,6-7,13H2,1-5H3/t17-,18+/m1/s1. The number of allylic oxidation sites excluding steroid dienone is 2. The molecule has 2 rings (SSSR count). The van der Waals surface area contributed by atoms with Crippen molar-refractivity contribution in [3.8, 4) is 0 Å². The van der Waals surface area contributed by atoms with Crippen molar-refractivity contribution in [2.75, 3.05) is 0 Å². The number of hydrogen-bond acceptors (Lipinski definition) is 2. The number of hydrogen-bond donors (Lipinski definition) is 0. The summed E-state index contributed by atoms with van der Waals surface area (Å²) in [5.74, 6) is 0.254. The smallest absolute Gasteiger partial charge is 0.310 e. The highest BCUT2D eigenvalue weighted by atomic mass is 16.5. The van der Waals surface area contributed by atoms with Gasteiger partial charge in [0.05, 0.1) is 5.92 Å². The van der Waals surface area contributed by atoms with Gasteiger partial charge in [0.1, 0.15) is 6.61 Å². The Hall–Kier alpha value is -1.57. The van der Waals surface area contributed by atoms with E-state index >= 15 is 0 Å². The minimum Gasteiger partial charge on any atom is -0.461 e. The van der Waals surface area contributed by atoms with Crippen LogP contribution in [0.25, 0.3) is 0 Å². The molecule has 0 bridgehead atoms. The van der Waals surface area contributed by atoms with Gasteiger partial charge in [0, 0.05) is 0 Å². The molecular formula is C20H28O2. The van der Waals surface area contributed by atoms with Gasteiger partial charge in [-0.1, -0.05) is 63.1 Å². The van der Waals surface area contributed by atoms with E-state index in [1.165, 1.54) is 11.1 Å². The number of esters is 1. The summed E-state index contributed by atoms with van der Waals surface area (Å²) in [6, 6.07) is 8.37. The number of carbonyl (C=O) groups excluding carboxylic acids is 1. The summed E-state index contributed by atoms with van der Waals surface area (Å²) in [5, 5.41) is 0. The molecule has 2 atom stereocenters. The summed E-state index contributed by atoms with van der Waals surface area (Å²) in [6.45, 7) is 11.0. The van der Waals surface area contributed by atoms with Crippen LogP contribution in [0.15, 0.2) is 35.9 Å². The van der Waals surface area contributed by atoms with Gasteiger partial charge in [0.2, 0.25) is 0 Å². The highest BCUT2D eigenvalue weighted by Gasteiger charge is 2.61. The molecule has 120 valence electrons.